The number of rotatable bonds is 4. The van der Waals surface area contributed by atoms with Crippen LogP contribution in [0.3, 0.4) is 0 Å². The molecule has 0 aliphatic heterocycles. The van der Waals surface area contributed by atoms with E-state index in [1.165, 1.54) is 0 Å². The van der Waals surface area contributed by atoms with E-state index in [9.17, 15) is 9.90 Å². The van der Waals surface area contributed by atoms with Crippen LogP contribution in [0.25, 0.3) is 0 Å². The molecule has 3 atom stereocenters. The van der Waals surface area contributed by atoms with Gasteiger partial charge in [0.25, 0.3) is 0 Å². The summed E-state index contributed by atoms with van der Waals surface area (Å²) < 4.78 is 5.24. The van der Waals surface area contributed by atoms with E-state index in [0.29, 0.717) is 11.7 Å². The Morgan fingerprint density at radius 1 is 1.39 bits per heavy atom. The molecule has 3 N–H and O–H groups in total. The quantitative estimate of drug-likeness (QED) is 0.789. The molecular formula is C16H28N4O3. The molecule has 7 nitrogen and oxygen atoms in total. The molecule has 0 aromatic carbocycles. The number of hydrogen-bond acceptors (Lipinski definition) is 5. The Kier molecular flexibility index (Phi) is 5.62. The summed E-state index contributed by atoms with van der Waals surface area (Å²) in [6.07, 6.45) is 4.05. The minimum Gasteiger partial charge on any atom is -0.396 e. The second kappa shape index (κ2) is 7.29. The van der Waals surface area contributed by atoms with Gasteiger partial charge < -0.3 is 20.3 Å². The molecule has 2 rings (SSSR count). The minimum atomic E-state index is -0.366. The normalized spacial score (nSPS) is 23.3. The highest BCUT2D eigenvalue weighted by Crippen LogP contribution is 2.24. The topological polar surface area (TPSA) is 100 Å². The molecular weight excluding hydrogens is 296 g/mol. The summed E-state index contributed by atoms with van der Waals surface area (Å²) in [6.45, 7) is 7.93. The molecule has 1 aromatic heterocycles. The van der Waals surface area contributed by atoms with E-state index in [2.05, 4.69) is 20.8 Å². The number of aliphatic hydroxyl groups is 1. The van der Waals surface area contributed by atoms with Crippen molar-refractivity contribution < 1.29 is 14.4 Å². The molecule has 0 bridgehead atoms. The van der Waals surface area contributed by atoms with Crippen LogP contribution in [0.5, 0.6) is 0 Å². The van der Waals surface area contributed by atoms with Gasteiger partial charge in [-0.05, 0) is 19.8 Å². The molecule has 23 heavy (non-hydrogen) atoms. The van der Waals surface area contributed by atoms with Gasteiger partial charge in [0.15, 0.2) is 5.82 Å². The van der Waals surface area contributed by atoms with Crippen molar-refractivity contribution >= 4 is 6.03 Å². The van der Waals surface area contributed by atoms with Crippen molar-refractivity contribution in [2.75, 3.05) is 6.61 Å². The predicted octanol–water partition coefficient (Wildman–Crippen LogP) is 2.28. The van der Waals surface area contributed by atoms with Gasteiger partial charge >= 0.3 is 6.03 Å². The van der Waals surface area contributed by atoms with Crippen molar-refractivity contribution in [3.05, 3.63) is 11.7 Å². The van der Waals surface area contributed by atoms with Gasteiger partial charge in [-0.1, -0.05) is 38.8 Å². The third-order valence-electron chi connectivity index (χ3n) is 4.29. The third-order valence-corrected chi connectivity index (χ3v) is 4.29. The Morgan fingerprint density at radius 3 is 2.70 bits per heavy atom. The molecule has 1 heterocycles. The highest BCUT2D eigenvalue weighted by Gasteiger charge is 2.27. The van der Waals surface area contributed by atoms with E-state index in [4.69, 9.17) is 4.52 Å². The average Bonchev–Trinajstić information content (AvgIpc) is 2.97. The van der Waals surface area contributed by atoms with Crippen molar-refractivity contribution in [1.82, 2.24) is 20.8 Å². The lowest BCUT2D eigenvalue weighted by atomic mass is 9.85. The van der Waals surface area contributed by atoms with E-state index in [1.54, 1.807) is 0 Å². The van der Waals surface area contributed by atoms with Crippen molar-refractivity contribution in [3.63, 3.8) is 0 Å². The second-order valence-electron chi connectivity index (χ2n) is 7.38. The average molecular weight is 324 g/mol. The number of urea groups is 1. The second-order valence-corrected chi connectivity index (χ2v) is 7.38. The Labute approximate surface area is 137 Å². The van der Waals surface area contributed by atoms with Gasteiger partial charge in [-0.3, -0.25) is 0 Å². The van der Waals surface area contributed by atoms with Crippen molar-refractivity contribution in [3.8, 4) is 0 Å². The first kappa shape index (κ1) is 17.7. The fourth-order valence-electron chi connectivity index (χ4n) is 2.80. The van der Waals surface area contributed by atoms with Gasteiger partial charge in [0.2, 0.25) is 5.89 Å². The molecule has 0 spiro atoms. The zero-order valence-corrected chi connectivity index (χ0v) is 14.4. The fourth-order valence-corrected chi connectivity index (χ4v) is 2.80. The van der Waals surface area contributed by atoms with Gasteiger partial charge in [0.1, 0.15) is 6.04 Å². The first-order valence-corrected chi connectivity index (χ1v) is 8.33. The summed E-state index contributed by atoms with van der Waals surface area (Å²) in [5.74, 6) is 1.15. The predicted molar refractivity (Wildman–Crippen MR) is 85.9 cm³/mol. The van der Waals surface area contributed by atoms with Crippen molar-refractivity contribution in [2.24, 2.45) is 5.92 Å². The lowest BCUT2D eigenvalue weighted by Gasteiger charge is -2.31. The maximum Gasteiger partial charge on any atom is 0.315 e. The highest BCUT2D eigenvalue weighted by atomic mass is 16.5. The van der Waals surface area contributed by atoms with Crippen LogP contribution in [0.2, 0.25) is 0 Å². The number of nitrogens with one attached hydrogen (secondary N) is 2. The first-order chi connectivity index (χ1) is 10.8. The Bertz CT molecular complexity index is 524. The molecule has 0 saturated heterocycles. The van der Waals surface area contributed by atoms with Gasteiger partial charge in [-0.15, -0.1) is 0 Å². The first-order valence-electron chi connectivity index (χ1n) is 8.33. The number of nitrogens with zero attached hydrogens (tertiary/aromatic N) is 2. The molecule has 7 heteroatoms. The number of carbonyl (C=O) groups excluding carboxylic acids is 1. The molecule has 1 saturated carbocycles. The zero-order valence-electron chi connectivity index (χ0n) is 14.4. The molecule has 0 radical (unpaired) electrons. The summed E-state index contributed by atoms with van der Waals surface area (Å²) in [7, 11) is 0. The molecule has 1 aliphatic carbocycles. The van der Waals surface area contributed by atoms with Crippen LogP contribution in [0.15, 0.2) is 4.52 Å². The Morgan fingerprint density at radius 2 is 2.09 bits per heavy atom. The Balaban J connectivity index is 1.90. The van der Waals surface area contributed by atoms with E-state index >= 15 is 0 Å². The monoisotopic (exact) mass is 324 g/mol. The maximum atomic E-state index is 12.2. The molecule has 130 valence electrons. The molecule has 1 aromatic rings. The molecule has 1 fully saturated rings. The van der Waals surface area contributed by atoms with Crippen LogP contribution in [0.1, 0.15) is 71.1 Å². The molecule has 3 unspecified atom stereocenters. The smallest absolute Gasteiger partial charge is 0.315 e. The number of aromatic nitrogens is 2. The van der Waals surface area contributed by atoms with E-state index in [0.717, 1.165) is 25.7 Å². The van der Waals surface area contributed by atoms with Crippen LogP contribution in [-0.2, 0) is 5.41 Å². The van der Waals surface area contributed by atoms with Crippen molar-refractivity contribution in [1.29, 1.82) is 0 Å². The summed E-state index contributed by atoms with van der Waals surface area (Å²) in [4.78, 5) is 16.5. The zero-order chi connectivity index (χ0) is 17.0. The van der Waals surface area contributed by atoms with Crippen LogP contribution in [-0.4, -0.2) is 33.9 Å². The number of aliphatic hydroxyl groups excluding tert-OH is 1. The number of amides is 2. The summed E-state index contributed by atoms with van der Waals surface area (Å²) in [5.41, 5.74) is -0.194. The molecule has 1 aliphatic rings. The molecule has 2 amide bonds. The standard InChI is InChI=1S/C16H28N4O3/c1-10(13-19-14(20-23-13)16(2,3)4)17-15(22)18-12-8-6-5-7-11(12)9-21/h10-12,21H,5-9H2,1-4H3,(H2,17,18,22). The van der Waals surface area contributed by atoms with Gasteiger partial charge in [0, 0.05) is 24.0 Å². The minimum absolute atomic E-state index is 0.0220. The summed E-state index contributed by atoms with van der Waals surface area (Å²) in [5, 5.41) is 19.2. The van der Waals surface area contributed by atoms with Crippen LogP contribution in [0, 0.1) is 5.92 Å². The van der Waals surface area contributed by atoms with Crippen LogP contribution >= 0.6 is 0 Å². The fraction of sp³-hybridized carbons (Fsp3) is 0.812. The largest absolute Gasteiger partial charge is 0.396 e. The van der Waals surface area contributed by atoms with E-state index in [-0.39, 0.29) is 36.1 Å². The van der Waals surface area contributed by atoms with Crippen molar-refractivity contribution in [2.45, 2.75) is 70.9 Å². The van der Waals surface area contributed by atoms with E-state index in [1.807, 2.05) is 27.7 Å². The van der Waals surface area contributed by atoms with Crippen LogP contribution in [0.4, 0.5) is 4.79 Å². The van der Waals surface area contributed by atoms with Gasteiger partial charge in [0.05, 0.1) is 0 Å². The SMILES string of the molecule is CC(NC(=O)NC1CCCCC1CO)c1nc(C(C)(C)C)no1. The van der Waals surface area contributed by atoms with Crippen LogP contribution < -0.4 is 10.6 Å². The van der Waals surface area contributed by atoms with Gasteiger partial charge in [-0.2, -0.15) is 4.98 Å². The summed E-state index contributed by atoms with van der Waals surface area (Å²) in [6, 6.07) is -0.609. The summed E-state index contributed by atoms with van der Waals surface area (Å²) >= 11 is 0. The third kappa shape index (κ3) is 4.67. The lowest BCUT2D eigenvalue weighted by Crippen LogP contribution is -2.48. The highest BCUT2D eigenvalue weighted by molar-refractivity contribution is 5.74. The number of carbonyl (C=O) groups is 1. The Hall–Kier alpha value is -1.63. The lowest BCUT2D eigenvalue weighted by molar-refractivity contribution is 0.153. The number of hydrogen-bond donors (Lipinski definition) is 3. The maximum absolute atomic E-state index is 12.2. The van der Waals surface area contributed by atoms with E-state index < -0.39 is 0 Å². The van der Waals surface area contributed by atoms with Gasteiger partial charge in [-0.25, -0.2) is 4.79 Å².